The van der Waals surface area contributed by atoms with Gasteiger partial charge in [0.25, 0.3) is 0 Å². The molecule has 0 N–H and O–H groups in total. The highest BCUT2D eigenvalue weighted by Gasteiger charge is 2.42. The summed E-state index contributed by atoms with van der Waals surface area (Å²) in [6.45, 7) is 3.56. The molecule has 136 valence electrons. The molecule has 0 spiro atoms. The highest BCUT2D eigenvalue weighted by atomic mass is 32.2. The summed E-state index contributed by atoms with van der Waals surface area (Å²) in [5.41, 5.74) is 0. The van der Waals surface area contributed by atoms with Gasteiger partial charge in [0.2, 0.25) is 0 Å². The van der Waals surface area contributed by atoms with Gasteiger partial charge in [-0.05, 0) is 25.0 Å². The van der Waals surface area contributed by atoms with E-state index in [9.17, 15) is 25.3 Å². The summed E-state index contributed by atoms with van der Waals surface area (Å²) in [7, 11) is -10.9. The van der Waals surface area contributed by atoms with E-state index in [-0.39, 0.29) is 29.2 Å². The molecule has 0 heterocycles. The van der Waals surface area contributed by atoms with Crippen LogP contribution in [0.25, 0.3) is 0 Å². The Labute approximate surface area is 144 Å². The highest BCUT2D eigenvalue weighted by Crippen LogP contribution is 2.34. The summed E-state index contributed by atoms with van der Waals surface area (Å²) in [5, 5.41) is 0. The van der Waals surface area contributed by atoms with Crippen molar-refractivity contribution in [2.45, 2.75) is 22.5 Å². The van der Waals surface area contributed by atoms with Crippen LogP contribution in [-0.2, 0) is 29.5 Å². The van der Waals surface area contributed by atoms with E-state index in [1.807, 2.05) is 0 Å². The second-order valence-corrected chi connectivity index (χ2v) is 12.7. The Kier molecular flexibility index (Phi) is 6.40. The normalized spacial score (nSPS) is 13.6. The van der Waals surface area contributed by atoms with Gasteiger partial charge in [0, 0.05) is 12.5 Å². The molecule has 0 bridgehead atoms. The van der Waals surface area contributed by atoms with Crippen LogP contribution < -0.4 is 0 Å². The molecular weight excluding hydrogens is 372 g/mol. The summed E-state index contributed by atoms with van der Waals surface area (Å²) in [6.07, 6.45) is 2.68. The van der Waals surface area contributed by atoms with E-state index in [1.165, 1.54) is 12.1 Å². The number of benzene rings is 1. The fourth-order valence-corrected chi connectivity index (χ4v) is 5.93. The second kappa shape index (κ2) is 7.37. The average molecular weight is 395 g/mol. The van der Waals surface area contributed by atoms with Gasteiger partial charge in [-0.2, -0.15) is 0 Å². The van der Waals surface area contributed by atoms with E-state index in [0.717, 1.165) is 18.6 Å². The first-order chi connectivity index (χ1) is 10.8. The third-order valence-electron chi connectivity index (χ3n) is 3.75. The molecule has 1 rings (SSSR count). The van der Waals surface area contributed by atoms with Gasteiger partial charge in [0.05, 0.1) is 21.1 Å². The minimum atomic E-state index is -4.00. The van der Waals surface area contributed by atoms with Gasteiger partial charge in [0.1, 0.15) is 19.7 Å². The average Bonchev–Trinajstić information content (AvgIpc) is 2.46. The minimum Gasteiger partial charge on any atom is -0.229 e. The molecule has 6 nitrogen and oxygen atoms in total. The van der Waals surface area contributed by atoms with Gasteiger partial charge in [0.15, 0.2) is 9.84 Å². The lowest BCUT2D eigenvalue weighted by Gasteiger charge is -2.30. The van der Waals surface area contributed by atoms with Crippen LogP contribution in [0.15, 0.2) is 47.9 Å². The van der Waals surface area contributed by atoms with Crippen LogP contribution in [0.3, 0.4) is 0 Å². The van der Waals surface area contributed by atoms with Crippen LogP contribution in [-0.4, -0.2) is 54.0 Å². The molecule has 9 heteroatoms. The summed E-state index contributed by atoms with van der Waals surface area (Å²) in [6, 6.07) is 7.55. The van der Waals surface area contributed by atoms with E-state index < -0.39 is 34.3 Å². The first-order valence-corrected chi connectivity index (χ1v) is 12.7. The van der Waals surface area contributed by atoms with Gasteiger partial charge < -0.3 is 0 Å². The molecule has 0 aliphatic carbocycles. The SMILES string of the molecule is C=CC(CCS(C)(=O)=O)(CCS(C)(=O)=O)S(=O)(=O)c1ccccc1. The molecule has 0 radical (unpaired) electrons. The third kappa shape index (κ3) is 5.42. The van der Waals surface area contributed by atoms with E-state index >= 15 is 0 Å². The number of rotatable bonds is 9. The summed E-state index contributed by atoms with van der Waals surface area (Å²) in [4.78, 5) is 0.00639. The smallest absolute Gasteiger partial charge is 0.187 e. The first-order valence-electron chi connectivity index (χ1n) is 7.12. The maximum absolute atomic E-state index is 13.1. The lowest BCUT2D eigenvalue weighted by atomic mass is 10.0. The molecule has 0 aliphatic heterocycles. The molecule has 24 heavy (non-hydrogen) atoms. The quantitative estimate of drug-likeness (QED) is 0.584. The van der Waals surface area contributed by atoms with Crippen molar-refractivity contribution in [3.63, 3.8) is 0 Å². The van der Waals surface area contributed by atoms with E-state index in [0.29, 0.717) is 0 Å². The maximum Gasteiger partial charge on any atom is 0.187 e. The molecular formula is C15H22O6S3. The molecule has 0 saturated heterocycles. The van der Waals surface area contributed by atoms with Crippen LogP contribution in [0.5, 0.6) is 0 Å². The Morgan fingerprint density at radius 3 is 1.62 bits per heavy atom. The number of hydrogen-bond acceptors (Lipinski definition) is 6. The fraction of sp³-hybridized carbons (Fsp3) is 0.467. The van der Waals surface area contributed by atoms with Crippen molar-refractivity contribution < 1.29 is 25.3 Å². The van der Waals surface area contributed by atoms with Crippen LogP contribution >= 0.6 is 0 Å². The van der Waals surface area contributed by atoms with Crippen LogP contribution in [0.4, 0.5) is 0 Å². The van der Waals surface area contributed by atoms with Gasteiger partial charge >= 0.3 is 0 Å². The summed E-state index contributed by atoms with van der Waals surface area (Å²) < 4.78 is 70.5. The molecule has 1 aromatic rings. The van der Waals surface area contributed by atoms with Crippen molar-refractivity contribution in [1.29, 1.82) is 0 Å². The van der Waals surface area contributed by atoms with Crippen LogP contribution in [0.1, 0.15) is 12.8 Å². The van der Waals surface area contributed by atoms with Crippen LogP contribution in [0.2, 0.25) is 0 Å². The van der Waals surface area contributed by atoms with Crippen molar-refractivity contribution in [2.24, 2.45) is 0 Å². The van der Waals surface area contributed by atoms with E-state index in [4.69, 9.17) is 0 Å². The lowest BCUT2D eigenvalue weighted by molar-refractivity contribution is 0.529. The Balaban J connectivity index is 3.42. The summed E-state index contributed by atoms with van der Waals surface area (Å²) in [5.74, 6) is -0.760. The Bertz CT molecular complexity index is 846. The van der Waals surface area contributed by atoms with Crippen molar-refractivity contribution in [3.8, 4) is 0 Å². The zero-order valence-electron chi connectivity index (χ0n) is 13.7. The predicted molar refractivity (Wildman–Crippen MR) is 95.2 cm³/mol. The minimum absolute atomic E-state index is 0.00639. The molecule has 0 amide bonds. The van der Waals surface area contributed by atoms with Crippen LogP contribution in [0, 0.1) is 0 Å². The van der Waals surface area contributed by atoms with Crippen molar-refractivity contribution in [2.75, 3.05) is 24.0 Å². The predicted octanol–water partition coefficient (Wildman–Crippen LogP) is 1.25. The zero-order chi connectivity index (χ0) is 18.6. The van der Waals surface area contributed by atoms with Gasteiger partial charge in [-0.3, -0.25) is 0 Å². The molecule has 0 aliphatic rings. The first kappa shape index (κ1) is 20.9. The molecule has 0 fully saturated rings. The van der Waals surface area contributed by atoms with Gasteiger partial charge in [-0.1, -0.05) is 24.3 Å². The highest BCUT2D eigenvalue weighted by molar-refractivity contribution is 7.93. The van der Waals surface area contributed by atoms with Crippen molar-refractivity contribution in [3.05, 3.63) is 43.0 Å². The van der Waals surface area contributed by atoms with Crippen molar-refractivity contribution >= 4 is 29.5 Å². The number of sulfone groups is 3. The van der Waals surface area contributed by atoms with Gasteiger partial charge in [-0.15, -0.1) is 6.58 Å². The monoisotopic (exact) mass is 394 g/mol. The molecule has 0 aromatic heterocycles. The van der Waals surface area contributed by atoms with Gasteiger partial charge in [-0.25, -0.2) is 25.3 Å². The lowest BCUT2D eigenvalue weighted by Crippen LogP contribution is -2.40. The fourth-order valence-electron chi connectivity index (χ4n) is 2.26. The third-order valence-corrected chi connectivity index (χ3v) is 8.18. The standard InChI is InChI=1S/C15H22O6S3/c1-4-15(10-12-22(2,16)17,11-13-23(3,18)19)24(20,21)14-8-6-5-7-9-14/h4-9H,1,10-13H2,2-3H3. The summed E-state index contributed by atoms with van der Waals surface area (Å²) >= 11 is 0. The maximum atomic E-state index is 13.1. The second-order valence-electron chi connectivity index (χ2n) is 5.85. The van der Waals surface area contributed by atoms with E-state index in [2.05, 4.69) is 6.58 Å². The van der Waals surface area contributed by atoms with Crippen molar-refractivity contribution in [1.82, 2.24) is 0 Å². The Hall–Kier alpha value is -1.19. The van der Waals surface area contributed by atoms with E-state index in [1.54, 1.807) is 18.2 Å². The topological polar surface area (TPSA) is 102 Å². The molecule has 0 atom stereocenters. The number of hydrogen-bond donors (Lipinski definition) is 0. The molecule has 0 saturated carbocycles. The zero-order valence-corrected chi connectivity index (χ0v) is 16.1. The molecule has 0 unspecified atom stereocenters. The Morgan fingerprint density at radius 2 is 1.29 bits per heavy atom. The Morgan fingerprint density at radius 1 is 0.875 bits per heavy atom. The molecule has 1 aromatic carbocycles. The largest absolute Gasteiger partial charge is 0.229 e.